The summed E-state index contributed by atoms with van der Waals surface area (Å²) in [5, 5.41) is 3.49. The second-order valence-corrected chi connectivity index (χ2v) is 10.1. The maximum absolute atomic E-state index is 13.8. The first kappa shape index (κ1) is 22.1. The van der Waals surface area contributed by atoms with E-state index in [4.69, 9.17) is 11.6 Å². The lowest BCUT2D eigenvalue weighted by atomic mass is 9.88. The summed E-state index contributed by atoms with van der Waals surface area (Å²) < 4.78 is 0.846. The van der Waals surface area contributed by atoms with E-state index in [2.05, 4.69) is 21.2 Å². The van der Waals surface area contributed by atoms with Gasteiger partial charge in [-0.2, -0.15) is 0 Å². The van der Waals surface area contributed by atoms with E-state index in [-0.39, 0.29) is 17.7 Å². The molecule has 4 atom stereocenters. The second-order valence-electron chi connectivity index (χ2n) is 8.80. The lowest BCUT2D eigenvalue weighted by Gasteiger charge is -2.36. The molecule has 0 spiro atoms. The molecule has 3 aliphatic rings. The summed E-state index contributed by atoms with van der Waals surface area (Å²) in [6, 6.07) is 20.3. The van der Waals surface area contributed by atoms with Gasteiger partial charge in [0.1, 0.15) is 6.04 Å². The summed E-state index contributed by atoms with van der Waals surface area (Å²) in [4.78, 5) is 44.4. The van der Waals surface area contributed by atoms with E-state index in [1.54, 1.807) is 48.5 Å². The molecule has 2 fully saturated rings. The van der Waals surface area contributed by atoms with Crippen LogP contribution in [0.25, 0.3) is 6.08 Å². The number of halogens is 2. The highest BCUT2D eigenvalue weighted by atomic mass is 79.9. The molecule has 0 radical (unpaired) electrons. The van der Waals surface area contributed by atoms with E-state index >= 15 is 0 Å². The predicted octanol–water partition coefficient (Wildman–Crippen LogP) is 5.13. The molecule has 6 rings (SSSR count). The monoisotopic (exact) mass is 547 g/mol. The number of nitrogens with zero attached hydrogens (tertiary/aromatic N) is 2. The number of imide groups is 1. The molecular formula is C27H19BrClN3O3. The summed E-state index contributed by atoms with van der Waals surface area (Å²) >= 11 is 9.39. The maximum atomic E-state index is 13.8. The number of carbonyl (C=O) groups excluding carboxylic acids is 3. The van der Waals surface area contributed by atoms with Crippen LogP contribution in [-0.4, -0.2) is 29.8 Å². The minimum Gasteiger partial charge on any atom is -0.351 e. The molecule has 2 saturated heterocycles. The molecule has 3 aliphatic heterocycles. The van der Waals surface area contributed by atoms with Crippen molar-refractivity contribution in [1.29, 1.82) is 0 Å². The Kier molecular flexibility index (Phi) is 5.27. The number of anilines is 3. The molecule has 8 heteroatoms. The van der Waals surface area contributed by atoms with Crippen LogP contribution in [-0.2, 0) is 14.4 Å². The summed E-state index contributed by atoms with van der Waals surface area (Å²) in [5.74, 6) is -2.48. The molecule has 0 bridgehead atoms. The third-order valence-corrected chi connectivity index (χ3v) is 7.66. The van der Waals surface area contributed by atoms with Crippen molar-refractivity contribution in [3.63, 3.8) is 0 Å². The molecule has 6 nitrogen and oxygen atoms in total. The minimum atomic E-state index is -0.858. The van der Waals surface area contributed by atoms with Gasteiger partial charge in [0, 0.05) is 20.9 Å². The van der Waals surface area contributed by atoms with Gasteiger partial charge in [0.25, 0.3) is 0 Å². The first-order valence-electron chi connectivity index (χ1n) is 11.2. The molecule has 3 aromatic rings. The Morgan fingerprint density at radius 1 is 0.886 bits per heavy atom. The summed E-state index contributed by atoms with van der Waals surface area (Å²) in [6.07, 6.45) is 3.90. The van der Waals surface area contributed by atoms with Gasteiger partial charge in [-0.1, -0.05) is 57.9 Å². The van der Waals surface area contributed by atoms with Crippen LogP contribution in [0.2, 0.25) is 5.02 Å². The van der Waals surface area contributed by atoms with Crippen molar-refractivity contribution in [3.8, 4) is 0 Å². The molecule has 3 aromatic carbocycles. The topological polar surface area (TPSA) is 69.7 Å². The average molecular weight is 549 g/mol. The first-order valence-corrected chi connectivity index (χ1v) is 12.4. The number of amides is 3. The van der Waals surface area contributed by atoms with Crippen LogP contribution in [0, 0.1) is 11.8 Å². The number of para-hydroxylation sites is 1. The highest BCUT2D eigenvalue weighted by molar-refractivity contribution is 9.10. The Balaban J connectivity index is 1.43. The highest BCUT2D eigenvalue weighted by Gasteiger charge is 2.64. The minimum absolute atomic E-state index is 0.289. The SMILES string of the molecule is O=C(Nc1ccc(Cl)cc1)[C@@H]1[C@@H]2C(=O)N(c3ccc(Br)cc3)C(=O)[C@@H]2[C@H]2C=Cc3ccccc3N21. The molecule has 0 aliphatic carbocycles. The van der Waals surface area contributed by atoms with Crippen LogP contribution < -0.4 is 15.1 Å². The van der Waals surface area contributed by atoms with E-state index in [1.807, 2.05) is 41.3 Å². The van der Waals surface area contributed by atoms with Gasteiger partial charge in [-0.15, -0.1) is 0 Å². The molecule has 174 valence electrons. The Hall–Kier alpha value is -3.42. The predicted molar refractivity (Wildman–Crippen MR) is 139 cm³/mol. The Bertz CT molecular complexity index is 1390. The highest BCUT2D eigenvalue weighted by Crippen LogP contribution is 2.49. The quantitative estimate of drug-likeness (QED) is 0.461. The zero-order chi connectivity index (χ0) is 24.3. The third kappa shape index (κ3) is 3.49. The van der Waals surface area contributed by atoms with Crippen molar-refractivity contribution < 1.29 is 14.4 Å². The third-order valence-electron chi connectivity index (χ3n) is 6.88. The molecule has 35 heavy (non-hydrogen) atoms. The summed E-state index contributed by atoms with van der Waals surface area (Å²) in [7, 11) is 0. The molecule has 3 heterocycles. The lowest BCUT2D eigenvalue weighted by molar-refractivity contribution is -0.126. The van der Waals surface area contributed by atoms with Crippen LogP contribution >= 0.6 is 27.5 Å². The van der Waals surface area contributed by atoms with Gasteiger partial charge in [0.05, 0.1) is 23.6 Å². The lowest BCUT2D eigenvalue weighted by Crippen LogP contribution is -2.50. The van der Waals surface area contributed by atoms with Gasteiger partial charge in [-0.3, -0.25) is 14.4 Å². The number of carbonyl (C=O) groups is 3. The van der Waals surface area contributed by atoms with Crippen molar-refractivity contribution in [2.75, 3.05) is 15.1 Å². The van der Waals surface area contributed by atoms with Crippen LogP contribution in [0.3, 0.4) is 0 Å². The van der Waals surface area contributed by atoms with E-state index < -0.39 is 23.9 Å². The number of rotatable bonds is 3. The van der Waals surface area contributed by atoms with Crippen LogP contribution in [0.15, 0.2) is 83.3 Å². The van der Waals surface area contributed by atoms with E-state index in [0.29, 0.717) is 16.4 Å². The van der Waals surface area contributed by atoms with Gasteiger partial charge in [0.15, 0.2) is 0 Å². The normalized spacial score (nSPS) is 24.3. The molecule has 3 amide bonds. The van der Waals surface area contributed by atoms with Crippen molar-refractivity contribution in [1.82, 2.24) is 0 Å². The molecule has 0 unspecified atom stereocenters. The first-order chi connectivity index (χ1) is 16.9. The van der Waals surface area contributed by atoms with E-state index in [0.717, 1.165) is 15.7 Å². The Labute approximate surface area is 215 Å². The Morgan fingerprint density at radius 2 is 1.57 bits per heavy atom. The second kappa shape index (κ2) is 8.36. The number of nitrogens with one attached hydrogen (secondary N) is 1. The smallest absolute Gasteiger partial charge is 0.247 e. The van der Waals surface area contributed by atoms with Gasteiger partial charge >= 0.3 is 0 Å². The molecule has 0 aromatic heterocycles. The van der Waals surface area contributed by atoms with Gasteiger partial charge in [-0.25, -0.2) is 4.90 Å². The van der Waals surface area contributed by atoms with Crippen molar-refractivity contribution in [2.24, 2.45) is 11.8 Å². The van der Waals surface area contributed by atoms with Crippen LogP contribution in [0.4, 0.5) is 17.1 Å². The van der Waals surface area contributed by atoms with Gasteiger partial charge in [-0.05, 0) is 60.2 Å². The average Bonchev–Trinajstić information content (AvgIpc) is 3.34. The van der Waals surface area contributed by atoms with Crippen molar-refractivity contribution in [3.05, 3.63) is 93.9 Å². The maximum Gasteiger partial charge on any atom is 0.247 e. The van der Waals surface area contributed by atoms with E-state index in [9.17, 15) is 14.4 Å². The standard InChI is InChI=1S/C27H19BrClN3O3/c28-16-6-12-19(13-7-16)31-26(34)22-21-14-5-15-3-1-2-4-20(15)32(21)24(23(22)27(31)35)25(33)30-18-10-8-17(29)9-11-18/h1-14,21-24H,(H,30,33)/t21-,22-,23-,24+/m1/s1. The fourth-order valence-corrected chi connectivity index (χ4v) is 5.80. The summed E-state index contributed by atoms with van der Waals surface area (Å²) in [5.41, 5.74) is 2.85. The van der Waals surface area contributed by atoms with E-state index in [1.165, 1.54) is 4.90 Å². The van der Waals surface area contributed by atoms with Gasteiger partial charge < -0.3 is 10.2 Å². The molecular weight excluding hydrogens is 530 g/mol. The zero-order valence-electron chi connectivity index (χ0n) is 18.3. The van der Waals surface area contributed by atoms with Crippen LogP contribution in [0.1, 0.15) is 5.56 Å². The number of benzene rings is 3. The number of fused-ring (bicyclic) bond motifs is 5. The zero-order valence-corrected chi connectivity index (χ0v) is 20.6. The molecule has 1 N–H and O–H groups in total. The fourth-order valence-electron chi connectivity index (χ4n) is 5.41. The number of hydrogen-bond acceptors (Lipinski definition) is 4. The molecule has 0 saturated carbocycles. The fraction of sp³-hybridized carbons (Fsp3) is 0.148. The van der Waals surface area contributed by atoms with Crippen molar-refractivity contribution in [2.45, 2.75) is 12.1 Å². The summed E-state index contributed by atoms with van der Waals surface area (Å²) in [6.45, 7) is 0. The van der Waals surface area contributed by atoms with Crippen LogP contribution in [0.5, 0.6) is 0 Å². The largest absolute Gasteiger partial charge is 0.351 e. The van der Waals surface area contributed by atoms with Gasteiger partial charge in [0.2, 0.25) is 17.7 Å². The Morgan fingerprint density at radius 3 is 2.31 bits per heavy atom. The number of hydrogen-bond donors (Lipinski definition) is 1. The van der Waals surface area contributed by atoms with Crippen molar-refractivity contribution >= 4 is 68.4 Å².